The van der Waals surface area contributed by atoms with E-state index in [0.29, 0.717) is 5.56 Å². The summed E-state index contributed by atoms with van der Waals surface area (Å²) in [5, 5.41) is 9.04. The van der Waals surface area contributed by atoms with Crippen molar-refractivity contribution in [3.63, 3.8) is 0 Å². The highest BCUT2D eigenvalue weighted by atomic mass is 19.1. The Bertz CT molecular complexity index is 494. The molecule has 2 aromatic rings. The summed E-state index contributed by atoms with van der Waals surface area (Å²) >= 11 is 0. The fraction of sp³-hybridized carbons (Fsp3) is 0.200. The maximum Gasteiger partial charge on any atom is 0.131 e. The Morgan fingerprint density at radius 1 is 1.12 bits per heavy atom. The summed E-state index contributed by atoms with van der Waals surface area (Å²) in [5.74, 6) is -0.275. The van der Waals surface area contributed by atoms with Crippen LogP contribution < -0.4 is 0 Å². The average Bonchev–Trinajstić information content (AvgIpc) is 2.38. The van der Waals surface area contributed by atoms with Crippen molar-refractivity contribution < 1.29 is 9.50 Å². The Hall–Kier alpha value is -1.67. The Labute approximate surface area is 101 Å². The zero-order chi connectivity index (χ0) is 12.3. The van der Waals surface area contributed by atoms with Crippen molar-refractivity contribution in [2.75, 3.05) is 6.61 Å². The first kappa shape index (κ1) is 11.8. The van der Waals surface area contributed by atoms with Gasteiger partial charge in [-0.05, 0) is 17.2 Å². The molecule has 0 saturated heterocycles. The van der Waals surface area contributed by atoms with Gasteiger partial charge in [-0.1, -0.05) is 49.4 Å². The molecule has 0 unspecified atom stereocenters. The Morgan fingerprint density at radius 3 is 2.41 bits per heavy atom. The quantitative estimate of drug-likeness (QED) is 0.854. The van der Waals surface area contributed by atoms with E-state index >= 15 is 0 Å². The second kappa shape index (κ2) is 5.11. The summed E-state index contributed by atoms with van der Waals surface area (Å²) in [4.78, 5) is 0. The van der Waals surface area contributed by atoms with Crippen molar-refractivity contribution in [2.45, 2.75) is 12.8 Å². The number of aliphatic hydroxyl groups excluding tert-OH is 1. The van der Waals surface area contributed by atoms with Crippen LogP contribution in [0.3, 0.4) is 0 Å². The molecule has 1 atom stereocenters. The lowest BCUT2D eigenvalue weighted by Crippen LogP contribution is -1.99. The van der Waals surface area contributed by atoms with E-state index in [1.54, 1.807) is 6.07 Å². The monoisotopic (exact) mass is 230 g/mol. The van der Waals surface area contributed by atoms with Gasteiger partial charge in [-0.3, -0.25) is 0 Å². The number of benzene rings is 2. The molecule has 0 saturated carbocycles. The van der Waals surface area contributed by atoms with Gasteiger partial charge in [0.2, 0.25) is 0 Å². The molecule has 2 aromatic carbocycles. The molecule has 0 aliphatic rings. The average molecular weight is 230 g/mol. The molecule has 0 aliphatic heterocycles. The van der Waals surface area contributed by atoms with Gasteiger partial charge in [0, 0.05) is 18.1 Å². The fourth-order valence-electron chi connectivity index (χ4n) is 1.80. The summed E-state index contributed by atoms with van der Waals surface area (Å²) in [5.41, 5.74) is 2.29. The maximum atomic E-state index is 14.0. The lowest BCUT2D eigenvalue weighted by Gasteiger charge is -2.10. The van der Waals surface area contributed by atoms with Crippen molar-refractivity contribution in [1.82, 2.24) is 0 Å². The Balaban J connectivity index is 2.39. The van der Waals surface area contributed by atoms with Crippen LogP contribution in [0.1, 0.15) is 18.4 Å². The molecule has 0 amide bonds. The number of hydrogen-bond donors (Lipinski definition) is 1. The standard InChI is InChI=1S/C15H15FO/c1-11(10-17)13-7-8-14(15(16)9-13)12-5-3-2-4-6-12/h2-9,11,17H,10H2,1H3/t11-/m1/s1. The van der Waals surface area contributed by atoms with Gasteiger partial charge in [0.05, 0.1) is 0 Å². The lowest BCUT2D eigenvalue weighted by atomic mass is 9.97. The zero-order valence-electron chi connectivity index (χ0n) is 9.73. The van der Waals surface area contributed by atoms with E-state index < -0.39 is 0 Å². The van der Waals surface area contributed by atoms with Gasteiger partial charge < -0.3 is 5.11 Å². The molecule has 0 radical (unpaired) electrons. The van der Waals surface area contributed by atoms with Crippen LogP contribution >= 0.6 is 0 Å². The van der Waals surface area contributed by atoms with Gasteiger partial charge in [-0.25, -0.2) is 4.39 Å². The Morgan fingerprint density at radius 2 is 1.82 bits per heavy atom. The second-order valence-corrected chi connectivity index (χ2v) is 4.19. The van der Waals surface area contributed by atoms with Gasteiger partial charge in [-0.2, -0.15) is 0 Å². The topological polar surface area (TPSA) is 20.2 Å². The minimum absolute atomic E-state index is 0.0319. The third-order valence-electron chi connectivity index (χ3n) is 2.92. The predicted octanol–water partition coefficient (Wildman–Crippen LogP) is 3.59. The van der Waals surface area contributed by atoms with Crippen LogP contribution in [0.25, 0.3) is 11.1 Å². The smallest absolute Gasteiger partial charge is 0.131 e. The summed E-state index contributed by atoms with van der Waals surface area (Å²) in [7, 11) is 0. The van der Waals surface area contributed by atoms with Crippen LogP contribution in [0.5, 0.6) is 0 Å². The molecule has 17 heavy (non-hydrogen) atoms. The lowest BCUT2D eigenvalue weighted by molar-refractivity contribution is 0.273. The van der Waals surface area contributed by atoms with E-state index in [1.807, 2.05) is 43.3 Å². The summed E-state index contributed by atoms with van der Waals surface area (Å²) in [6, 6.07) is 14.6. The van der Waals surface area contributed by atoms with Crippen molar-refractivity contribution in [2.24, 2.45) is 0 Å². The van der Waals surface area contributed by atoms with Gasteiger partial charge in [0.15, 0.2) is 0 Å². The molecule has 88 valence electrons. The third-order valence-corrected chi connectivity index (χ3v) is 2.92. The van der Waals surface area contributed by atoms with Crippen LogP contribution in [0.4, 0.5) is 4.39 Å². The number of halogens is 1. The van der Waals surface area contributed by atoms with E-state index in [0.717, 1.165) is 11.1 Å². The molecule has 1 nitrogen and oxygen atoms in total. The number of rotatable bonds is 3. The number of aliphatic hydroxyl groups is 1. The van der Waals surface area contributed by atoms with Crippen LogP contribution in [-0.4, -0.2) is 11.7 Å². The third kappa shape index (κ3) is 2.53. The van der Waals surface area contributed by atoms with E-state index in [4.69, 9.17) is 5.11 Å². The summed E-state index contributed by atoms with van der Waals surface area (Å²) in [6.45, 7) is 1.90. The maximum absolute atomic E-state index is 14.0. The minimum atomic E-state index is -0.242. The second-order valence-electron chi connectivity index (χ2n) is 4.19. The Kier molecular flexibility index (Phi) is 3.55. The van der Waals surface area contributed by atoms with Gasteiger partial charge >= 0.3 is 0 Å². The van der Waals surface area contributed by atoms with Gasteiger partial charge in [-0.15, -0.1) is 0 Å². The van der Waals surface area contributed by atoms with Crippen molar-refractivity contribution in [1.29, 1.82) is 0 Å². The van der Waals surface area contributed by atoms with E-state index in [2.05, 4.69) is 0 Å². The highest BCUT2D eigenvalue weighted by molar-refractivity contribution is 5.64. The normalized spacial score (nSPS) is 12.4. The molecule has 2 rings (SSSR count). The first-order valence-corrected chi connectivity index (χ1v) is 5.68. The zero-order valence-corrected chi connectivity index (χ0v) is 9.73. The fourth-order valence-corrected chi connectivity index (χ4v) is 1.80. The summed E-state index contributed by atoms with van der Waals surface area (Å²) < 4.78 is 14.0. The summed E-state index contributed by atoms with van der Waals surface area (Å²) in [6.07, 6.45) is 0. The largest absolute Gasteiger partial charge is 0.396 e. The molecule has 0 spiro atoms. The first-order valence-electron chi connectivity index (χ1n) is 5.68. The first-order chi connectivity index (χ1) is 8.22. The van der Waals surface area contributed by atoms with Crippen LogP contribution in [0, 0.1) is 5.82 Å². The molecule has 2 heteroatoms. The van der Waals surface area contributed by atoms with Crippen molar-refractivity contribution in [3.05, 3.63) is 59.9 Å². The SMILES string of the molecule is C[C@H](CO)c1ccc(-c2ccccc2)c(F)c1. The van der Waals surface area contributed by atoms with Crippen LogP contribution in [0.15, 0.2) is 48.5 Å². The van der Waals surface area contributed by atoms with Crippen LogP contribution in [-0.2, 0) is 0 Å². The molecule has 0 fully saturated rings. The molecule has 0 aromatic heterocycles. The van der Waals surface area contributed by atoms with E-state index in [1.165, 1.54) is 6.07 Å². The molecule has 0 aliphatic carbocycles. The predicted molar refractivity (Wildman–Crippen MR) is 67.3 cm³/mol. The molecule has 1 N–H and O–H groups in total. The molecule has 0 heterocycles. The molecule has 0 bridgehead atoms. The van der Waals surface area contributed by atoms with E-state index in [-0.39, 0.29) is 18.3 Å². The molecular weight excluding hydrogens is 215 g/mol. The number of hydrogen-bond acceptors (Lipinski definition) is 1. The van der Waals surface area contributed by atoms with Gasteiger partial charge in [0.1, 0.15) is 5.82 Å². The molecular formula is C15H15FO. The highest BCUT2D eigenvalue weighted by Crippen LogP contribution is 2.25. The highest BCUT2D eigenvalue weighted by Gasteiger charge is 2.09. The van der Waals surface area contributed by atoms with Crippen molar-refractivity contribution in [3.8, 4) is 11.1 Å². The van der Waals surface area contributed by atoms with Crippen LogP contribution in [0.2, 0.25) is 0 Å². The van der Waals surface area contributed by atoms with Crippen molar-refractivity contribution >= 4 is 0 Å². The van der Waals surface area contributed by atoms with Gasteiger partial charge in [0.25, 0.3) is 0 Å². The minimum Gasteiger partial charge on any atom is -0.396 e. The van der Waals surface area contributed by atoms with E-state index in [9.17, 15) is 4.39 Å².